The maximum atomic E-state index is 12.4. The third kappa shape index (κ3) is 3.37. The summed E-state index contributed by atoms with van der Waals surface area (Å²) in [5.41, 5.74) is 2.13. The molecule has 2 rings (SSSR count). The molecule has 2 aromatic carbocycles. The van der Waals surface area contributed by atoms with Crippen molar-refractivity contribution in [2.75, 3.05) is 11.9 Å². The number of anilines is 1. The SMILES string of the molecule is CCNc1ccc(C(=O)c2cc(Br)ccc2Cl)cc1. The van der Waals surface area contributed by atoms with E-state index in [0.717, 1.165) is 16.7 Å². The third-order valence-electron chi connectivity index (χ3n) is 2.70. The molecule has 19 heavy (non-hydrogen) atoms. The van der Waals surface area contributed by atoms with E-state index in [1.807, 2.05) is 25.1 Å². The summed E-state index contributed by atoms with van der Waals surface area (Å²) in [4.78, 5) is 12.4. The molecule has 0 aliphatic heterocycles. The molecule has 0 heterocycles. The van der Waals surface area contributed by atoms with Gasteiger partial charge in [0, 0.05) is 27.8 Å². The highest BCUT2D eigenvalue weighted by Gasteiger charge is 2.13. The van der Waals surface area contributed by atoms with Crippen molar-refractivity contribution in [1.29, 1.82) is 0 Å². The number of carbonyl (C=O) groups is 1. The van der Waals surface area contributed by atoms with E-state index in [9.17, 15) is 4.79 Å². The number of benzene rings is 2. The lowest BCUT2D eigenvalue weighted by Crippen LogP contribution is -2.03. The highest BCUT2D eigenvalue weighted by molar-refractivity contribution is 9.10. The Morgan fingerprint density at radius 3 is 2.53 bits per heavy atom. The van der Waals surface area contributed by atoms with Crippen molar-refractivity contribution in [2.24, 2.45) is 0 Å². The molecule has 2 nitrogen and oxygen atoms in total. The zero-order chi connectivity index (χ0) is 13.8. The number of halogens is 2. The fourth-order valence-corrected chi connectivity index (χ4v) is 2.34. The number of hydrogen-bond acceptors (Lipinski definition) is 2. The average molecular weight is 339 g/mol. The van der Waals surface area contributed by atoms with Crippen molar-refractivity contribution < 1.29 is 4.79 Å². The Labute approximate surface area is 125 Å². The molecule has 0 saturated carbocycles. The first-order valence-corrected chi connectivity index (χ1v) is 7.12. The maximum Gasteiger partial charge on any atom is 0.194 e. The molecule has 4 heteroatoms. The van der Waals surface area contributed by atoms with Crippen LogP contribution in [0.15, 0.2) is 46.9 Å². The van der Waals surface area contributed by atoms with Gasteiger partial charge in [0.15, 0.2) is 5.78 Å². The number of nitrogens with one attached hydrogen (secondary N) is 1. The van der Waals surface area contributed by atoms with E-state index in [1.54, 1.807) is 24.3 Å². The molecule has 98 valence electrons. The predicted molar refractivity (Wildman–Crippen MR) is 83.2 cm³/mol. The standard InChI is InChI=1S/C15H13BrClNO/c1-2-18-12-6-3-10(4-7-12)15(19)13-9-11(16)5-8-14(13)17/h3-9,18H,2H2,1H3. The molecule has 0 atom stereocenters. The Morgan fingerprint density at radius 1 is 1.21 bits per heavy atom. The summed E-state index contributed by atoms with van der Waals surface area (Å²) in [7, 11) is 0. The van der Waals surface area contributed by atoms with E-state index in [-0.39, 0.29) is 5.78 Å². The molecule has 0 aromatic heterocycles. The van der Waals surface area contributed by atoms with E-state index in [1.165, 1.54) is 0 Å². The van der Waals surface area contributed by atoms with E-state index < -0.39 is 0 Å². The molecule has 0 radical (unpaired) electrons. The summed E-state index contributed by atoms with van der Waals surface area (Å²) in [6.45, 7) is 2.88. The summed E-state index contributed by atoms with van der Waals surface area (Å²) in [5, 5.41) is 3.65. The third-order valence-corrected chi connectivity index (χ3v) is 3.52. The molecular formula is C15H13BrClNO. The monoisotopic (exact) mass is 337 g/mol. The quantitative estimate of drug-likeness (QED) is 0.814. The molecule has 2 aromatic rings. The Balaban J connectivity index is 2.30. The minimum Gasteiger partial charge on any atom is -0.385 e. The van der Waals surface area contributed by atoms with Gasteiger partial charge in [-0.1, -0.05) is 27.5 Å². The first-order chi connectivity index (χ1) is 9.11. The highest BCUT2D eigenvalue weighted by atomic mass is 79.9. The summed E-state index contributed by atoms with van der Waals surface area (Å²) < 4.78 is 0.838. The lowest BCUT2D eigenvalue weighted by atomic mass is 10.0. The second-order valence-corrected chi connectivity index (χ2v) is 5.38. The molecular weight excluding hydrogens is 326 g/mol. The van der Waals surface area contributed by atoms with Crippen molar-refractivity contribution in [3.8, 4) is 0 Å². The number of hydrogen-bond donors (Lipinski definition) is 1. The van der Waals surface area contributed by atoms with Crippen LogP contribution >= 0.6 is 27.5 Å². The summed E-state index contributed by atoms with van der Waals surface area (Å²) in [6, 6.07) is 12.7. The molecule has 0 fully saturated rings. The van der Waals surface area contributed by atoms with Gasteiger partial charge in [0.2, 0.25) is 0 Å². The second kappa shape index (κ2) is 6.22. The van der Waals surface area contributed by atoms with Gasteiger partial charge in [-0.25, -0.2) is 0 Å². The first-order valence-electron chi connectivity index (χ1n) is 5.95. The van der Waals surface area contributed by atoms with Crippen LogP contribution in [0.5, 0.6) is 0 Å². The van der Waals surface area contributed by atoms with Crippen LogP contribution in [0.1, 0.15) is 22.8 Å². The van der Waals surface area contributed by atoms with Gasteiger partial charge in [-0.2, -0.15) is 0 Å². The smallest absolute Gasteiger partial charge is 0.194 e. The van der Waals surface area contributed by atoms with Crippen LogP contribution in [0.4, 0.5) is 5.69 Å². The minimum atomic E-state index is -0.0747. The second-order valence-electron chi connectivity index (χ2n) is 4.06. The van der Waals surface area contributed by atoms with Crippen LogP contribution in [0.2, 0.25) is 5.02 Å². The van der Waals surface area contributed by atoms with Crippen LogP contribution in [-0.4, -0.2) is 12.3 Å². The zero-order valence-corrected chi connectivity index (χ0v) is 12.8. The van der Waals surface area contributed by atoms with Crippen LogP contribution in [-0.2, 0) is 0 Å². The summed E-state index contributed by atoms with van der Waals surface area (Å²) >= 11 is 9.42. The molecule has 0 spiro atoms. The Kier molecular flexibility index (Phi) is 4.61. The van der Waals surface area contributed by atoms with Gasteiger partial charge in [-0.3, -0.25) is 4.79 Å². The predicted octanol–water partition coefficient (Wildman–Crippen LogP) is 4.77. The fourth-order valence-electron chi connectivity index (χ4n) is 1.77. The van der Waals surface area contributed by atoms with E-state index in [4.69, 9.17) is 11.6 Å². The fraction of sp³-hybridized carbons (Fsp3) is 0.133. The van der Waals surface area contributed by atoms with Gasteiger partial charge in [0.1, 0.15) is 0 Å². The molecule has 0 unspecified atom stereocenters. The normalized spacial score (nSPS) is 10.3. The van der Waals surface area contributed by atoms with Gasteiger partial charge >= 0.3 is 0 Å². The van der Waals surface area contributed by atoms with Crippen molar-refractivity contribution >= 4 is 39.0 Å². The molecule has 0 bridgehead atoms. The van der Waals surface area contributed by atoms with Gasteiger partial charge in [0.05, 0.1) is 5.02 Å². The van der Waals surface area contributed by atoms with Crippen LogP contribution in [0.3, 0.4) is 0 Å². The number of rotatable bonds is 4. The van der Waals surface area contributed by atoms with Gasteiger partial charge in [-0.15, -0.1) is 0 Å². The van der Waals surface area contributed by atoms with E-state index in [2.05, 4.69) is 21.2 Å². The first kappa shape index (κ1) is 14.1. The minimum absolute atomic E-state index is 0.0747. The highest BCUT2D eigenvalue weighted by Crippen LogP contribution is 2.24. The Hall–Kier alpha value is -1.32. The van der Waals surface area contributed by atoms with E-state index >= 15 is 0 Å². The van der Waals surface area contributed by atoms with Crippen molar-refractivity contribution in [3.63, 3.8) is 0 Å². The van der Waals surface area contributed by atoms with Crippen LogP contribution in [0, 0.1) is 0 Å². The lowest BCUT2D eigenvalue weighted by Gasteiger charge is -2.06. The lowest BCUT2D eigenvalue weighted by molar-refractivity contribution is 0.103. The average Bonchev–Trinajstić information content (AvgIpc) is 2.42. The Bertz CT molecular complexity index is 596. The molecule has 0 amide bonds. The molecule has 0 aliphatic rings. The van der Waals surface area contributed by atoms with Gasteiger partial charge in [-0.05, 0) is 49.4 Å². The summed E-state index contributed by atoms with van der Waals surface area (Å²) in [6.07, 6.45) is 0. The number of ketones is 1. The Morgan fingerprint density at radius 2 is 1.89 bits per heavy atom. The summed E-state index contributed by atoms with van der Waals surface area (Å²) in [5.74, 6) is -0.0747. The van der Waals surface area contributed by atoms with Gasteiger partial charge in [0.25, 0.3) is 0 Å². The van der Waals surface area contributed by atoms with Crippen molar-refractivity contribution in [1.82, 2.24) is 0 Å². The van der Waals surface area contributed by atoms with Crippen LogP contribution < -0.4 is 5.32 Å². The zero-order valence-electron chi connectivity index (χ0n) is 10.4. The molecule has 1 N–H and O–H groups in total. The topological polar surface area (TPSA) is 29.1 Å². The van der Waals surface area contributed by atoms with Gasteiger partial charge < -0.3 is 5.32 Å². The maximum absolute atomic E-state index is 12.4. The largest absolute Gasteiger partial charge is 0.385 e. The van der Waals surface area contributed by atoms with Crippen molar-refractivity contribution in [2.45, 2.75) is 6.92 Å². The molecule has 0 saturated heterocycles. The number of carbonyl (C=O) groups excluding carboxylic acids is 1. The van der Waals surface area contributed by atoms with Crippen LogP contribution in [0.25, 0.3) is 0 Å². The van der Waals surface area contributed by atoms with E-state index in [0.29, 0.717) is 16.1 Å². The van der Waals surface area contributed by atoms with Crippen molar-refractivity contribution in [3.05, 3.63) is 63.1 Å². The molecule has 0 aliphatic carbocycles.